The first-order valence-corrected chi connectivity index (χ1v) is 8.08. The molecule has 3 nitrogen and oxygen atoms in total. The van der Waals surface area contributed by atoms with Gasteiger partial charge in [-0.1, -0.05) is 37.8 Å². The molecular weight excluding hydrogens is 234 g/mol. The maximum absolute atomic E-state index is 5.55. The van der Waals surface area contributed by atoms with E-state index in [1.807, 2.05) is 0 Å². The molecule has 1 atom stereocenters. The van der Waals surface area contributed by atoms with E-state index >= 15 is 0 Å². The van der Waals surface area contributed by atoms with Crippen LogP contribution in [0, 0.1) is 5.92 Å². The largest absolute Gasteiger partial charge is 0.327 e. The molecule has 1 aliphatic rings. The van der Waals surface area contributed by atoms with Crippen molar-refractivity contribution in [2.75, 3.05) is 26.2 Å². The van der Waals surface area contributed by atoms with E-state index in [1.54, 1.807) is 0 Å². The summed E-state index contributed by atoms with van der Waals surface area (Å²) < 4.78 is 0. The van der Waals surface area contributed by atoms with Crippen LogP contribution in [-0.2, 0) is 0 Å². The van der Waals surface area contributed by atoms with E-state index in [4.69, 9.17) is 5.73 Å². The van der Waals surface area contributed by atoms with Gasteiger partial charge in [0.25, 0.3) is 0 Å². The Labute approximate surface area is 119 Å². The van der Waals surface area contributed by atoms with Gasteiger partial charge in [0.15, 0.2) is 0 Å². The Morgan fingerprint density at radius 1 is 1.32 bits per heavy atom. The Balaban J connectivity index is 2.06. The third-order valence-corrected chi connectivity index (χ3v) is 4.14. The Morgan fingerprint density at radius 3 is 2.68 bits per heavy atom. The predicted octanol–water partition coefficient (Wildman–Crippen LogP) is 2.43. The molecule has 0 amide bonds. The fourth-order valence-electron chi connectivity index (χ4n) is 2.79. The van der Waals surface area contributed by atoms with Gasteiger partial charge in [0.1, 0.15) is 0 Å². The van der Waals surface area contributed by atoms with Crippen LogP contribution in [-0.4, -0.2) is 32.2 Å². The summed E-state index contributed by atoms with van der Waals surface area (Å²) in [4.78, 5) is 0. The molecule has 0 heterocycles. The fraction of sp³-hybridized carbons (Fsp3) is 0.875. The van der Waals surface area contributed by atoms with Crippen molar-refractivity contribution >= 4 is 0 Å². The normalized spacial score (nSPS) is 19.6. The van der Waals surface area contributed by atoms with Crippen LogP contribution >= 0.6 is 0 Å². The third-order valence-electron chi connectivity index (χ3n) is 4.14. The van der Waals surface area contributed by atoms with Crippen molar-refractivity contribution < 1.29 is 0 Å². The maximum atomic E-state index is 5.55. The molecule has 1 fully saturated rings. The van der Waals surface area contributed by atoms with Crippen LogP contribution in [0.5, 0.6) is 0 Å². The number of nitrogens with one attached hydrogen (secondary N) is 2. The maximum Gasteiger partial charge on any atom is 0.0165 e. The van der Waals surface area contributed by atoms with E-state index in [2.05, 4.69) is 30.6 Å². The van der Waals surface area contributed by atoms with E-state index in [9.17, 15) is 0 Å². The summed E-state index contributed by atoms with van der Waals surface area (Å²) in [6, 6.07) is 0.554. The van der Waals surface area contributed by atoms with Crippen molar-refractivity contribution in [2.45, 2.75) is 58.4 Å². The lowest BCUT2D eigenvalue weighted by Gasteiger charge is -2.24. The Kier molecular flexibility index (Phi) is 9.14. The lowest BCUT2D eigenvalue weighted by atomic mass is 9.89. The smallest absolute Gasteiger partial charge is 0.0165 e. The van der Waals surface area contributed by atoms with Crippen LogP contribution < -0.4 is 16.4 Å². The van der Waals surface area contributed by atoms with Gasteiger partial charge in [-0.15, -0.1) is 0 Å². The van der Waals surface area contributed by atoms with Gasteiger partial charge in [-0.2, -0.15) is 0 Å². The summed E-state index contributed by atoms with van der Waals surface area (Å²) in [5.41, 5.74) is 6.97. The van der Waals surface area contributed by atoms with Crippen molar-refractivity contribution in [3.05, 3.63) is 11.6 Å². The molecule has 19 heavy (non-hydrogen) atoms. The first-order valence-electron chi connectivity index (χ1n) is 8.08. The highest BCUT2D eigenvalue weighted by Gasteiger charge is 2.13. The van der Waals surface area contributed by atoms with Crippen LogP contribution in [0.3, 0.4) is 0 Å². The standard InChI is InChI=1S/C16H33N3/c1-3-15(9-10-17)12-18-11-14(2)19-13-16-7-5-4-6-8-16/h9,14,16,18-19H,3-8,10-13,17H2,1-2H3/b15-9+. The average Bonchev–Trinajstić information content (AvgIpc) is 2.45. The molecule has 0 bridgehead atoms. The highest BCUT2D eigenvalue weighted by atomic mass is 15.0. The quantitative estimate of drug-likeness (QED) is 0.562. The van der Waals surface area contributed by atoms with E-state index in [0.717, 1.165) is 25.4 Å². The second-order valence-corrected chi connectivity index (χ2v) is 5.90. The Bertz CT molecular complexity index is 244. The van der Waals surface area contributed by atoms with Crippen molar-refractivity contribution in [1.82, 2.24) is 10.6 Å². The number of nitrogens with two attached hydrogens (primary N) is 1. The van der Waals surface area contributed by atoms with E-state index in [-0.39, 0.29) is 0 Å². The SMILES string of the molecule is CC/C(=C\CN)CNCC(C)NCC1CCCCC1. The van der Waals surface area contributed by atoms with Gasteiger partial charge in [0.05, 0.1) is 0 Å². The minimum absolute atomic E-state index is 0.554. The van der Waals surface area contributed by atoms with Gasteiger partial charge in [0, 0.05) is 25.7 Å². The Hall–Kier alpha value is -0.380. The van der Waals surface area contributed by atoms with Crippen LogP contribution in [0.15, 0.2) is 11.6 Å². The van der Waals surface area contributed by atoms with Gasteiger partial charge in [-0.3, -0.25) is 0 Å². The van der Waals surface area contributed by atoms with Crippen LogP contribution in [0.25, 0.3) is 0 Å². The predicted molar refractivity (Wildman–Crippen MR) is 84.3 cm³/mol. The summed E-state index contributed by atoms with van der Waals surface area (Å²) in [5, 5.41) is 7.19. The molecule has 0 aromatic heterocycles. The fourth-order valence-corrected chi connectivity index (χ4v) is 2.79. The van der Waals surface area contributed by atoms with Gasteiger partial charge in [-0.25, -0.2) is 0 Å². The molecule has 1 unspecified atom stereocenters. The number of rotatable bonds is 9. The van der Waals surface area contributed by atoms with E-state index < -0.39 is 0 Å². The van der Waals surface area contributed by atoms with Crippen molar-refractivity contribution in [1.29, 1.82) is 0 Å². The highest BCUT2D eigenvalue weighted by molar-refractivity contribution is 5.04. The first-order chi connectivity index (χ1) is 9.26. The molecular formula is C16H33N3. The van der Waals surface area contributed by atoms with Gasteiger partial charge in [0.2, 0.25) is 0 Å². The van der Waals surface area contributed by atoms with Gasteiger partial charge < -0.3 is 16.4 Å². The molecule has 0 aromatic rings. The molecule has 0 radical (unpaired) electrons. The molecule has 112 valence electrons. The van der Waals surface area contributed by atoms with E-state index in [1.165, 1.54) is 44.2 Å². The second kappa shape index (κ2) is 10.4. The lowest BCUT2D eigenvalue weighted by molar-refractivity contribution is 0.328. The zero-order valence-electron chi connectivity index (χ0n) is 12.9. The van der Waals surface area contributed by atoms with Crippen molar-refractivity contribution in [3.8, 4) is 0 Å². The molecule has 0 saturated heterocycles. The molecule has 1 rings (SSSR count). The molecule has 3 heteroatoms. The minimum Gasteiger partial charge on any atom is -0.327 e. The van der Waals surface area contributed by atoms with E-state index in [0.29, 0.717) is 12.6 Å². The van der Waals surface area contributed by atoms with Crippen LogP contribution in [0.2, 0.25) is 0 Å². The van der Waals surface area contributed by atoms with Gasteiger partial charge >= 0.3 is 0 Å². The summed E-state index contributed by atoms with van der Waals surface area (Å²) in [6.07, 6.45) is 10.4. The number of hydrogen-bond acceptors (Lipinski definition) is 3. The average molecular weight is 267 g/mol. The minimum atomic E-state index is 0.554. The second-order valence-electron chi connectivity index (χ2n) is 5.90. The first kappa shape index (κ1) is 16.7. The zero-order chi connectivity index (χ0) is 13.9. The monoisotopic (exact) mass is 267 g/mol. The topological polar surface area (TPSA) is 50.1 Å². The highest BCUT2D eigenvalue weighted by Crippen LogP contribution is 2.22. The third kappa shape index (κ3) is 7.71. The van der Waals surface area contributed by atoms with Crippen LogP contribution in [0.4, 0.5) is 0 Å². The molecule has 0 spiro atoms. The molecule has 0 aliphatic heterocycles. The summed E-state index contributed by atoms with van der Waals surface area (Å²) in [6.45, 7) is 8.32. The van der Waals surface area contributed by atoms with Gasteiger partial charge in [-0.05, 0) is 38.6 Å². The molecule has 0 aromatic carbocycles. The zero-order valence-corrected chi connectivity index (χ0v) is 12.9. The molecule has 1 aliphatic carbocycles. The van der Waals surface area contributed by atoms with Crippen molar-refractivity contribution in [3.63, 3.8) is 0 Å². The summed E-state index contributed by atoms with van der Waals surface area (Å²) in [7, 11) is 0. The molecule has 1 saturated carbocycles. The molecule has 4 N–H and O–H groups in total. The lowest BCUT2D eigenvalue weighted by Crippen LogP contribution is -2.39. The van der Waals surface area contributed by atoms with Crippen LogP contribution in [0.1, 0.15) is 52.4 Å². The summed E-state index contributed by atoms with van der Waals surface area (Å²) in [5.74, 6) is 0.916. The number of hydrogen-bond donors (Lipinski definition) is 3. The summed E-state index contributed by atoms with van der Waals surface area (Å²) >= 11 is 0. The van der Waals surface area contributed by atoms with Crippen molar-refractivity contribution in [2.24, 2.45) is 11.7 Å². The Morgan fingerprint density at radius 2 is 2.05 bits per heavy atom.